The Morgan fingerprint density at radius 1 is 1.28 bits per heavy atom. The average Bonchev–Trinajstić information content (AvgIpc) is 2.88. The third-order valence-electron chi connectivity index (χ3n) is 3.70. The minimum Gasteiger partial charge on any atom is -0.324 e. The molecule has 1 aromatic heterocycles. The molecule has 5 nitrogen and oxygen atoms in total. The predicted octanol–water partition coefficient (Wildman–Crippen LogP) is 3.53. The Hall–Kier alpha value is -2.44. The van der Waals surface area contributed by atoms with E-state index in [1.165, 1.54) is 18.2 Å². The van der Waals surface area contributed by atoms with E-state index >= 15 is 0 Å². The molecular formula is C18H18ClFN4O. The van der Waals surface area contributed by atoms with Gasteiger partial charge in [0.15, 0.2) is 0 Å². The highest BCUT2D eigenvalue weighted by atomic mass is 35.5. The number of para-hydroxylation sites is 2. The van der Waals surface area contributed by atoms with Crippen LogP contribution >= 0.6 is 11.6 Å². The van der Waals surface area contributed by atoms with E-state index < -0.39 is 5.82 Å². The van der Waals surface area contributed by atoms with E-state index in [9.17, 15) is 9.18 Å². The number of nitrogens with zero attached hydrogens (tertiary/aromatic N) is 3. The molecule has 2 aromatic carbocycles. The van der Waals surface area contributed by atoms with Gasteiger partial charge in [-0.2, -0.15) is 0 Å². The number of fused-ring (bicyclic) bond motifs is 1. The third-order valence-corrected chi connectivity index (χ3v) is 3.99. The summed E-state index contributed by atoms with van der Waals surface area (Å²) in [4.78, 5) is 19.1. The molecule has 0 spiro atoms. The largest absolute Gasteiger partial charge is 0.324 e. The van der Waals surface area contributed by atoms with Gasteiger partial charge < -0.3 is 14.8 Å². The molecule has 0 aliphatic carbocycles. The number of aromatic nitrogens is 2. The molecule has 3 rings (SSSR count). The summed E-state index contributed by atoms with van der Waals surface area (Å²) < 4.78 is 15.1. The molecule has 1 heterocycles. The van der Waals surface area contributed by atoms with Crippen LogP contribution in [0.4, 0.5) is 10.1 Å². The lowest BCUT2D eigenvalue weighted by Crippen LogP contribution is -2.22. The van der Waals surface area contributed by atoms with E-state index in [0.29, 0.717) is 12.2 Å². The number of carbonyl (C=O) groups is 1. The number of anilines is 1. The van der Waals surface area contributed by atoms with Gasteiger partial charge in [-0.15, -0.1) is 0 Å². The fourth-order valence-corrected chi connectivity index (χ4v) is 2.80. The summed E-state index contributed by atoms with van der Waals surface area (Å²) in [5.74, 6) is 0.0536. The zero-order valence-electron chi connectivity index (χ0n) is 14.0. The van der Waals surface area contributed by atoms with E-state index in [2.05, 4.69) is 10.3 Å². The van der Waals surface area contributed by atoms with Crippen LogP contribution in [0.2, 0.25) is 5.02 Å². The van der Waals surface area contributed by atoms with Crippen molar-refractivity contribution in [2.45, 2.75) is 13.1 Å². The molecular weight excluding hydrogens is 343 g/mol. The Labute approximate surface area is 150 Å². The maximum absolute atomic E-state index is 13.2. The van der Waals surface area contributed by atoms with Crippen LogP contribution in [0.5, 0.6) is 0 Å². The van der Waals surface area contributed by atoms with Crippen LogP contribution in [0.25, 0.3) is 11.0 Å². The third kappa shape index (κ3) is 3.97. The quantitative estimate of drug-likeness (QED) is 0.757. The highest BCUT2D eigenvalue weighted by molar-refractivity contribution is 6.31. The Morgan fingerprint density at radius 3 is 2.76 bits per heavy atom. The maximum Gasteiger partial charge on any atom is 0.244 e. The molecule has 0 aliphatic rings. The van der Waals surface area contributed by atoms with Gasteiger partial charge in [0.25, 0.3) is 0 Å². The van der Waals surface area contributed by atoms with Gasteiger partial charge in [0.05, 0.1) is 22.6 Å². The van der Waals surface area contributed by atoms with E-state index in [-0.39, 0.29) is 17.5 Å². The van der Waals surface area contributed by atoms with Crippen molar-refractivity contribution in [1.82, 2.24) is 14.5 Å². The second-order valence-corrected chi connectivity index (χ2v) is 6.42. The van der Waals surface area contributed by atoms with Crippen molar-refractivity contribution in [2.24, 2.45) is 0 Å². The minimum absolute atomic E-state index is 0.0285. The van der Waals surface area contributed by atoms with Crippen molar-refractivity contribution in [3.8, 4) is 0 Å². The Balaban J connectivity index is 1.85. The van der Waals surface area contributed by atoms with E-state index in [1.807, 2.05) is 47.8 Å². The first-order chi connectivity index (χ1) is 11.9. The van der Waals surface area contributed by atoms with Crippen molar-refractivity contribution in [2.75, 3.05) is 19.4 Å². The summed E-state index contributed by atoms with van der Waals surface area (Å²) in [5, 5.41) is 2.71. The number of rotatable bonds is 5. The first kappa shape index (κ1) is 17.4. The predicted molar refractivity (Wildman–Crippen MR) is 97.2 cm³/mol. The number of carbonyl (C=O) groups excluding carboxylic acids is 1. The van der Waals surface area contributed by atoms with Crippen LogP contribution in [0.15, 0.2) is 42.5 Å². The van der Waals surface area contributed by atoms with Gasteiger partial charge in [0.1, 0.15) is 18.2 Å². The van der Waals surface area contributed by atoms with Gasteiger partial charge in [-0.3, -0.25) is 4.79 Å². The highest BCUT2D eigenvalue weighted by Crippen LogP contribution is 2.20. The van der Waals surface area contributed by atoms with Crippen LogP contribution in [0.1, 0.15) is 5.82 Å². The van der Waals surface area contributed by atoms with Crippen LogP contribution in [-0.4, -0.2) is 34.5 Å². The Morgan fingerprint density at radius 2 is 2.04 bits per heavy atom. The van der Waals surface area contributed by atoms with E-state index in [0.717, 1.165) is 16.9 Å². The van der Waals surface area contributed by atoms with Crippen molar-refractivity contribution >= 4 is 34.2 Å². The van der Waals surface area contributed by atoms with Crippen LogP contribution in [0, 0.1) is 5.82 Å². The number of amides is 1. The summed E-state index contributed by atoms with van der Waals surface area (Å²) >= 11 is 5.75. The molecule has 1 N–H and O–H groups in total. The lowest BCUT2D eigenvalue weighted by atomic mass is 10.3. The molecule has 1 amide bonds. The monoisotopic (exact) mass is 360 g/mol. The van der Waals surface area contributed by atoms with Gasteiger partial charge >= 0.3 is 0 Å². The van der Waals surface area contributed by atoms with Gasteiger partial charge in [0.2, 0.25) is 5.91 Å². The number of nitrogens with one attached hydrogen (secondary N) is 1. The standard InChI is InChI=1S/C18H18ClFN4O/c1-23(2)10-17-22-15-5-3-4-6-16(15)24(17)11-18(25)21-12-7-8-14(20)13(19)9-12/h3-9H,10-11H2,1-2H3,(H,21,25). The van der Waals surface area contributed by atoms with Gasteiger partial charge in [-0.05, 0) is 44.4 Å². The fraction of sp³-hybridized carbons (Fsp3) is 0.222. The van der Waals surface area contributed by atoms with Crippen molar-refractivity contribution in [1.29, 1.82) is 0 Å². The Bertz CT molecular complexity index is 923. The average molecular weight is 361 g/mol. The lowest BCUT2D eigenvalue weighted by molar-refractivity contribution is -0.116. The zero-order valence-corrected chi connectivity index (χ0v) is 14.7. The first-order valence-corrected chi connectivity index (χ1v) is 8.15. The van der Waals surface area contributed by atoms with Gasteiger partial charge in [-0.25, -0.2) is 9.37 Å². The number of benzene rings is 2. The number of halogens is 2. The summed E-state index contributed by atoms with van der Waals surface area (Å²) in [6.07, 6.45) is 0. The summed E-state index contributed by atoms with van der Waals surface area (Å²) in [6, 6.07) is 11.8. The van der Waals surface area contributed by atoms with Crippen molar-refractivity contribution in [3.05, 3.63) is 59.1 Å². The second-order valence-electron chi connectivity index (χ2n) is 6.02. The van der Waals surface area contributed by atoms with Crippen LogP contribution in [-0.2, 0) is 17.9 Å². The molecule has 130 valence electrons. The minimum atomic E-state index is -0.520. The van der Waals surface area contributed by atoms with E-state index in [4.69, 9.17) is 11.6 Å². The fourth-order valence-electron chi connectivity index (χ4n) is 2.62. The number of hydrogen-bond donors (Lipinski definition) is 1. The molecule has 0 saturated heterocycles. The molecule has 0 fully saturated rings. The molecule has 0 bridgehead atoms. The SMILES string of the molecule is CN(C)Cc1nc2ccccc2n1CC(=O)Nc1ccc(F)c(Cl)c1. The van der Waals surface area contributed by atoms with Crippen molar-refractivity contribution < 1.29 is 9.18 Å². The molecule has 0 aliphatic heterocycles. The van der Waals surface area contributed by atoms with E-state index in [1.54, 1.807) is 0 Å². The number of imidazole rings is 1. The summed E-state index contributed by atoms with van der Waals surface area (Å²) in [5.41, 5.74) is 2.19. The molecule has 0 radical (unpaired) electrons. The van der Waals surface area contributed by atoms with Gasteiger partial charge in [-0.1, -0.05) is 23.7 Å². The van der Waals surface area contributed by atoms with Crippen molar-refractivity contribution in [3.63, 3.8) is 0 Å². The van der Waals surface area contributed by atoms with Gasteiger partial charge in [0, 0.05) is 5.69 Å². The Kier molecular flexibility index (Phi) is 5.01. The molecule has 0 atom stereocenters. The molecule has 7 heteroatoms. The molecule has 3 aromatic rings. The van der Waals surface area contributed by atoms with Crippen LogP contribution in [0.3, 0.4) is 0 Å². The molecule has 0 saturated carbocycles. The zero-order chi connectivity index (χ0) is 18.0. The first-order valence-electron chi connectivity index (χ1n) is 7.78. The number of hydrogen-bond acceptors (Lipinski definition) is 3. The highest BCUT2D eigenvalue weighted by Gasteiger charge is 2.14. The summed E-state index contributed by atoms with van der Waals surface area (Å²) in [7, 11) is 3.90. The molecule has 0 unspecified atom stereocenters. The van der Waals surface area contributed by atoms with Crippen LogP contribution < -0.4 is 5.32 Å². The molecule has 25 heavy (non-hydrogen) atoms. The summed E-state index contributed by atoms with van der Waals surface area (Å²) in [6.45, 7) is 0.725. The lowest BCUT2D eigenvalue weighted by Gasteiger charge is -2.13. The second kappa shape index (κ2) is 7.21. The normalized spacial score (nSPS) is 11.2. The topological polar surface area (TPSA) is 50.2 Å². The smallest absolute Gasteiger partial charge is 0.244 e. The maximum atomic E-state index is 13.2.